The number of carbonyl (C=O) groups excluding carboxylic acids is 2. The van der Waals surface area contributed by atoms with Crippen LogP contribution in [-0.4, -0.2) is 32.0 Å². The Balaban J connectivity index is 1.60. The average molecular weight is 324 g/mol. The van der Waals surface area contributed by atoms with E-state index < -0.39 is 0 Å². The van der Waals surface area contributed by atoms with Gasteiger partial charge in [0.25, 0.3) is 5.91 Å². The van der Waals surface area contributed by atoms with Crippen LogP contribution in [-0.2, 0) is 4.79 Å². The summed E-state index contributed by atoms with van der Waals surface area (Å²) in [5.74, 6) is 0.565. The first-order chi connectivity index (χ1) is 11.7. The van der Waals surface area contributed by atoms with Gasteiger partial charge in [0, 0.05) is 31.1 Å². The van der Waals surface area contributed by atoms with Gasteiger partial charge >= 0.3 is 0 Å². The molecule has 1 saturated heterocycles. The van der Waals surface area contributed by atoms with Gasteiger partial charge in [-0.05, 0) is 24.3 Å². The average Bonchev–Trinajstić information content (AvgIpc) is 3.01. The lowest BCUT2D eigenvalue weighted by atomic mass is 10.1. The number of amides is 2. The Labute approximate surface area is 141 Å². The van der Waals surface area contributed by atoms with Crippen LogP contribution < -0.4 is 15.0 Å². The van der Waals surface area contributed by atoms with Gasteiger partial charge in [-0.3, -0.25) is 9.59 Å². The number of rotatable bonds is 5. The van der Waals surface area contributed by atoms with Crippen molar-refractivity contribution in [3.63, 3.8) is 0 Å². The normalized spacial score (nSPS) is 17.0. The Morgan fingerprint density at radius 3 is 2.62 bits per heavy atom. The number of para-hydroxylation sites is 2. The molecule has 2 aromatic rings. The molecule has 0 saturated carbocycles. The molecule has 2 amide bonds. The van der Waals surface area contributed by atoms with Crippen molar-refractivity contribution in [3.8, 4) is 5.75 Å². The monoisotopic (exact) mass is 324 g/mol. The lowest BCUT2D eigenvalue weighted by Crippen LogP contribution is -2.31. The molecular weight excluding hydrogens is 304 g/mol. The summed E-state index contributed by atoms with van der Waals surface area (Å²) in [7, 11) is 1.54. The van der Waals surface area contributed by atoms with E-state index in [1.807, 2.05) is 36.4 Å². The predicted molar refractivity (Wildman–Crippen MR) is 92.2 cm³/mol. The fourth-order valence-electron chi connectivity index (χ4n) is 2.94. The van der Waals surface area contributed by atoms with Gasteiger partial charge in [-0.2, -0.15) is 0 Å². The van der Waals surface area contributed by atoms with Crippen molar-refractivity contribution in [1.82, 2.24) is 5.32 Å². The second-order valence-corrected chi connectivity index (χ2v) is 5.82. The second kappa shape index (κ2) is 7.17. The van der Waals surface area contributed by atoms with E-state index in [1.165, 1.54) is 0 Å². The molecule has 1 aliphatic rings. The summed E-state index contributed by atoms with van der Waals surface area (Å²) in [5.41, 5.74) is 1.41. The van der Waals surface area contributed by atoms with E-state index in [9.17, 15) is 9.59 Å². The van der Waals surface area contributed by atoms with Crippen molar-refractivity contribution in [2.24, 2.45) is 5.92 Å². The van der Waals surface area contributed by atoms with E-state index in [-0.39, 0.29) is 17.7 Å². The molecule has 0 aromatic heterocycles. The molecule has 0 spiro atoms. The maximum Gasteiger partial charge on any atom is 0.255 e. The van der Waals surface area contributed by atoms with Gasteiger partial charge in [0.05, 0.1) is 12.7 Å². The fourth-order valence-corrected chi connectivity index (χ4v) is 2.94. The van der Waals surface area contributed by atoms with Crippen molar-refractivity contribution in [2.45, 2.75) is 6.42 Å². The Kier molecular flexibility index (Phi) is 4.79. The van der Waals surface area contributed by atoms with Crippen LogP contribution in [0, 0.1) is 5.92 Å². The van der Waals surface area contributed by atoms with Gasteiger partial charge in [-0.1, -0.05) is 30.3 Å². The number of benzene rings is 2. The van der Waals surface area contributed by atoms with E-state index in [4.69, 9.17) is 4.74 Å². The molecule has 2 aromatic carbocycles. The minimum Gasteiger partial charge on any atom is -0.496 e. The minimum absolute atomic E-state index is 0.0951. The van der Waals surface area contributed by atoms with Crippen molar-refractivity contribution in [1.29, 1.82) is 0 Å². The summed E-state index contributed by atoms with van der Waals surface area (Å²) in [4.78, 5) is 26.3. The second-order valence-electron chi connectivity index (χ2n) is 5.82. The topological polar surface area (TPSA) is 58.6 Å². The van der Waals surface area contributed by atoms with Gasteiger partial charge in [0.1, 0.15) is 5.75 Å². The van der Waals surface area contributed by atoms with Gasteiger partial charge in [-0.15, -0.1) is 0 Å². The molecule has 1 atom stereocenters. The number of ether oxygens (including phenoxy) is 1. The van der Waals surface area contributed by atoms with Crippen LogP contribution in [0.15, 0.2) is 54.6 Å². The number of carbonyl (C=O) groups is 2. The van der Waals surface area contributed by atoms with Gasteiger partial charge in [0.2, 0.25) is 5.91 Å². The van der Waals surface area contributed by atoms with E-state index in [0.717, 1.165) is 5.69 Å². The SMILES string of the molecule is COc1ccccc1C(=O)NCC1CC(=O)N(c2ccccc2)C1. The number of hydrogen-bond acceptors (Lipinski definition) is 3. The van der Waals surface area contributed by atoms with Gasteiger partial charge in [-0.25, -0.2) is 0 Å². The first-order valence-electron chi connectivity index (χ1n) is 7.95. The molecule has 1 heterocycles. The smallest absolute Gasteiger partial charge is 0.255 e. The van der Waals surface area contributed by atoms with Crippen molar-refractivity contribution in [2.75, 3.05) is 25.1 Å². The fraction of sp³-hybridized carbons (Fsp3) is 0.263. The molecule has 1 aliphatic heterocycles. The van der Waals surface area contributed by atoms with E-state index in [2.05, 4.69) is 5.32 Å². The van der Waals surface area contributed by atoms with Crippen molar-refractivity contribution < 1.29 is 14.3 Å². The predicted octanol–water partition coefficient (Wildman–Crippen LogP) is 2.48. The third-order valence-electron chi connectivity index (χ3n) is 4.18. The largest absolute Gasteiger partial charge is 0.496 e. The maximum atomic E-state index is 12.3. The lowest BCUT2D eigenvalue weighted by molar-refractivity contribution is -0.117. The quantitative estimate of drug-likeness (QED) is 0.919. The molecule has 0 aliphatic carbocycles. The highest BCUT2D eigenvalue weighted by Crippen LogP contribution is 2.24. The number of nitrogens with zero attached hydrogens (tertiary/aromatic N) is 1. The highest BCUT2D eigenvalue weighted by molar-refractivity contribution is 5.97. The molecule has 0 radical (unpaired) electrons. The molecule has 24 heavy (non-hydrogen) atoms. The summed E-state index contributed by atoms with van der Waals surface area (Å²) < 4.78 is 5.21. The Hall–Kier alpha value is -2.82. The first kappa shape index (κ1) is 16.1. The van der Waals surface area contributed by atoms with Crippen LogP contribution in [0.25, 0.3) is 0 Å². The number of nitrogens with one attached hydrogen (secondary N) is 1. The Morgan fingerprint density at radius 2 is 1.88 bits per heavy atom. The molecule has 1 fully saturated rings. The molecule has 0 bridgehead atoms. The third-order valence-corrected chi connectivity index (χ3v) is 4.18. The third kappa shape index (κ3) is 3.40. The lowest BCUT2D eigenvalue weighted by Gasteiger charge is -2.17. The summed E-state index contributed by atoms with van der Waals surface area (Å²) in [6, 6.07) is 16.7. The van der Waals surface area contributed by atoms with E-state index in [1.54, 1.807) is 30.2 Å². The standard InChI is InChI=1S/C19H20N2O3/c1-24-17-10-6-5-9-16(17)19(23)20-12-14-11-18(22)21(13-14)15-7-3-2-4-8-15/h2-10,14H,11-13H2,1H3,(H,20,23). The molecule has 5 nitrogen and oxygen atoms in total. The van der Waals surface area contributed by atoms with Gasteiger partial charge < -0.3 is 15.0 Å². The van der Waals surface area contributed by atoms with Crippen molar-refractivity contribution >= 4 is 17.5 Å². The van der Waals surface area contributed by atoms with E-state index >= 15 is 0 Å². The number of methoxy groups -OCH3 is 1. The van der Waals surface area contributed by atoms with Crippen LogP contribution >= 0.6 is 0 Å². The highest BCUT2D eigenvalue weighted by Gasteiger charge is 2.30. The van der Waals surface area contributed by atoms with Crippen LogP contribution in [0.4, 0.5) is 5.69 Å². The van der Waals surface area contributed by atoms with Crippen LogP contribution in [0.5, 0.6) is 5.75 Å². The highest BCUT2D eigenvalue weighted by atomic mass is 16.5. The first-order valence-corrected chi connectivity index (χ1v) is 7.95. The summed E-state index contributed by atoms with van der Waals surface area (Å²) in [5, 5.41) is 2.91. The molecule has 5 heteroatoms. The number of hydrogen-bond donors (Lipinski definition) is 1. The van der Waals surface area contributed by atoms with Crippen LogP contribution in [0.1, 0.15) is 16.8 Å². The maximum absolute atomic E-state index is 12.3. The zero-order chi connectivity index (χ0) is 16.9. The molecule has 124 valence electrons. The molecule has 3 rings (SSSR count). The summed E-state index contributed by atoms with van der Waals surface area (Å²) >= 11 is 0. The van der Waals surface area contributed by atoms with Crippen LogP contribution in [0.2, 0.25) is 0 Å². The zero-order valence-corrected chi connectivity index (χ0v) is 13.6. The molecule has 1 unspecified atom stereocenters. The summed E-state index contributed by atoms with van der Waals surface area (Å²) in [6.07, 6.45) is 0.446. The van der Waals surface area contributed by atoms with E-state index in [0.29, 0.717) is 30.8 Å². The van der Waals surface area contributed by atoms with Crippen LogP contribution in [0.3, 0.4) is 0 Å². The molecule has 1 N–H and O–H groups in total. The Morgan fingerprint density at radius 1 is 1.17 bits per heavy atom. The van der Waals surface area contributed by atoms with Crippen molar-refractivity contribution in [3.05, 3.63) is 60.2 Å². The summed E-state index contributed by atoms with van der Waals surface area (Å²) in [6.45, 7) is 1.08. The molecular formula is C19H20N2O3. The minimum atomic E-state index is -0.182. The number of anilines is 1. The van der Waals surface area contributed by atoms with Gasteiger partial charge in [0.15, 0.2) is 0 Å². The zero-order valence-electron chi connectivity index (χ0n) is 13.6. The Bertz CT molecular complexity index is 730.